The van der Waals surface area contributed by atoms with Crippen molar-refractivity contribution in [1.82, 2.24) is 35.3 Å². The number of hydrogen-bond donors (Lipinski definition) is 6. The first-order valence-electron chi connectivity index (χ1n) is 18.8. The molecular formula is C39H54N8O11. The van der Waals surface area contributed by atoms with Crippen LogP contribution in [0.1, 0.15) is 38.2 Å². The maximum Gasteiger partial charge on any atom is 0.317 e. The van der Waals surface area contributed by atoms with Gasteiger partial charge in [0.05, 0.1) is 58.9 Å². The first-order chi connectivity index (χ1) is 27.8. The van der Waals surface area contributed by atoms with Crippen LogP contribution < -0.4 is 25.4 Å². The summed E-state index contributed by atoms with van der Waals surface area (Å²) in [6.07, 6.45) is 4.76. The van der Waals surface area contributed by atoms with Gasteiger partial charge in [-0.1, -0.05) is 25.0 Å². The van der Waals surface area contributed by atoms with Crippen LogP contribution in [0, 0.1) is 0 Å². The van der Waals surface area contributed by atoms with Crippen LogP contribution in [0.3, 0.4) is 0 Å². The summed E-state index contributed by atoms with van der Waals surface area (Å²) in [4.78, 5) is 83.8. The van der Waals surface area contributed by atoms with Gasteiger partial charge < -0.3 is 40.7 Å². The fourth-order valence-corrected chi connectivity index (χ4v) is 6.04. The van der Waals surface area contributed by atoms with Crippen LogP contribution in [-0.4, -0.2) is 162 Å². The van der Waals surface area contributed by atoms with Crippen LogP contribution in [0.25, 0.3) is 10.9 Å². The van der Waals surface area contributed by atoms with Gasteiger partial charge in [-0.15, -0.1) is 0 Å². The van der Waals surface area contributed by atoms with Gasteiger partial charge in [0.15, 0.2) is 11.5 Å². The van der Waals surface area contributed by atoms with Crippen molar-refractivity contribution in [2.24, 2.45) is 0 Å². The molecule has 0 radical (unpaired) electrons. The number of Topliss-reactive ketones (excluding diaryl/α,β-unsaturated/α-hetero) is 1. The van der Waals surface area contributed by atoms with Gasteiger partial charge in [0.25, 0.3) is 0 Å². The normalized spacial score (nSPS) is 11.1. The number of carboxylic acid groups (broad SMARTS) is 3. The Morgan fingerprint density at radius 2 is 1.16 bits per heavy atom. The van der Waals surface area contributed by atoms with Crippen LogP contribution in [0.5, 0.6) is 11.5 Å². The maximum atomic E-state index is 12.6. The van der Waals surface area contributed by atoms with Crippen molar-refractivity contribution in [3.8, 4) is 11.5 Å². The summed E-state index contributed by atoms with van der Waals surface area (Å²) in [5.74, 6) is -2.39. The predicted octanol–water partition coefficient (Wildman–Crippen LogP) is 1.47. The molecule has 3 aromatic rings. The fourth-order valence-electron chi connectivity index (χ4n) is 6.04. The lowest BCUT2D eigenvalue weighted by Crippen LogP contribution is -2.46. The molecule has 0 aliphatic heterocycles. The number of methoxy groups -OCH3 is 2. The van der Waals surface area contributed by atoms with Gasteiger partial charge in [0, 0.05) is 56.4 Å². The number of unbranched alkanes of at least 4 members (excludes halogenated alkanes) is 3. The van der Waals surface area contributed by atoms with Gasteiger partial charge in [-0.2, -0.15) is 0 Å². The molecule has 0 fully saturated rings. The molecule has 58 heavy (non-hydrogen) atoms. The molecule has 316 valence electrons. The number of rotatable bonds is 29. The van der Waals surface area contributed by atoms with E-state index >= 15 is 0 Å². The highest BCUT2D eigenvalue weighted by atomic mass is 16.5. The summed E-state index contributed by atoms with van der Waals surface area (Å²) in [5.41, 5.74) is 2.33. The number of ketones is 1. The van der Waals surface area contributed by atoms with Crippen molar-refractivity contribution >= 4 is 57.9 Å². The van der Waals surface area contributed by atoms with E-state index in [0.29, 0.717) is 42.3 Å². The third kappa shape index (κ3) is 17.5. The third-order valence-corrected chi connectivity index (χ3v) is 8.82. The van der Waals surface area contributed by atoms with Crippen LogP contribution in [0.4, 0.5) is 11.5 Å². The number of hydrogen-bond acceptors (Lipinski definition) is 14. The highest BCUT2D eigenvalue weighted by Crippen LogP contribution is 2.34. The minimum atomic E-state index is -1.15. The number of fused-ring (bicyclic) bond motifs is 1. The van der Waals surface area contributed by atoms with Gasteiger partial charge in [0.2, 0.25) is 11.8 Å². The largest absolute Gasteiger partial charge is 0.493 e. The summed E-state index contributed by atoms with van der Waals surface area (Å²) in [6, 6.07) is 11.1. The number of amides is 2. The molecule has 0 saturated carbocycles. The van der Waals surface area contributed by atoms with Crippen molar-refractivity contribution in [3.63, 3.8) is 0 Å². The van der Waals surface area contributed by atoms with E-state index in [0.717, 1.165) is 35.9 Å². The third-order valence-electron chi connectivity index (χ3n) is 8.82. The van der Waals surface area contributed by atoms with Crippen LogP contribution in [0.2, 0.25) is 0 Å². The zero-order valence-corrected chi connectivity index (χ0v) is 33.2. The average Bonchev–Trinajstić information content (AvgIpc) is 3.16. The summed E-state index contributed by atoms with van der Waals surface area (Å²) in [6.45, 7) is 1.09. The molecule has 1 aromatic heterocycles. The lowest BCUT2D eigenvalue weighted by atomic mass is 10.1. The molecule has 2 amide bonds. The number of ether oxygens (including phenoxy) is 2. The number of carbonyl (C=O) groups excluding carboxylic acids is 3. The standard InChI is InChI=1S/C39H54N8O11/c1-27(48)21-46(24-37(53)54)16-14-45(23-36(51)52)15-17-47(25-38(55)56)22-35(50)41-13-7-5-4-6-12-40-34(49)18-28-8-10-29(11-9-28)44-39-30-19-32(57-2)33(58-3)20-31(30)42-26-43-39/h8-11,19-20,26H,4-7,12-18,21-25H2,1-3H3,(H,40,49)(H,41,50)(H,51,52)(H,53,54)(H,55,56)(H,42,43,44). The van der Waals surface area contributed by atoms with Crippen LogP contribution >= 0.6 is 0 Å². The van der Waals surface area contributed by atoms with E-state index in [2.05, 4.69) is 25.9 Å². The zero-order valence-electron chi connectivity index (χ0n) is 33.2. The summed E-state index contributed by atoms with van der Waals surface area (Å²) < 4.78 is 10.8. The number of aliphatic carboxylic acids is 3. The van der Waals surface area contributed by atoms with Crippen molar-refractivity contribution < 1.29 is 53.6 Å². The fraction of sp³-hybridized carbons (Fsp3) is 0.487. The highest BCUT2D eigenvalue weighted by Gasteiger charge is 2.19. The molecular weight excluding hydrogens is 756 g/mol. The van der Waals surface area contributed by atoms with E-state index in [1.165, 1.54) is 28.0 Å². The van der Waals surface area contributed by atoms with Gasteiger partial charge >= 0.3 is 17.9 Å². The quantitative estimate of drug-likeness (QED) is 0.0543. The van der Waals surface area contributed by atoms with Crippen molar-refractivity contribution in [2.45, 2.75) is 39.0 Å². The number of benzene rings is 2. The van der Waals surface area contributed by atoms with Crippen LogP contribution in [-0.2, 0) is 35.2 Å². The molecule has 0 unspecified atom stereocenters. The molecule has 3 rings (SSSR count). The molecule has 19 heteroatoms. The number of nitrogens with one attached hydrogen (secondary N) is 3. The second kappa shape index (κ2) is 24.7. The lowest BCUT2D eigenvalue weighted by Gasteiger charge is -2.27. The Balaban J connectivity index is 1.33. The molecule has 6 N–H and O–H groups in total. The van der Waals surface area contributed by atoms with E-state index in [1.807, 2.05) is 30.3 Å². The smallest absolute Gasteiger partial charge is 0.317 e. The van der Waals surface area contributed by atoms with Crippen molar-refractivity contribution in [2.75, 3.05) is 91.5 Å². The van der Waals surface area contributed by atoms with Crippen molar-refractivity contribution in [3.05, 3.63) is 48.3 Å². The Kier molecular flexibility index (Phi) is 19.8. The Morgan fingerprint density at radius 1 is 0.638 bits per heavy atom. The van der Waals surface area contributed by atoms with Gasteiger partial charge in [-0.3, -0.25) is 43.5 Å². The molecule has 0 aliphatic carbocycles. The van der Waals surface area contributed by atoms with E-state index in [1.54, 1.807) is 20.3 Å². The number of nitrogens with zero attached hydrogens (tertiary/aromatic N) is 5. The first-order valence-corrected chi connectivity index (χ1v) is 18.8. The Bertz CT molecular complexity index is 1830. The summed E-state index contributed by atoms with van der Waals surface area (Å²) in [7, 11) is 3.12. The number of anilines is 2. The SMILES string of the molecule is COc1cc2ncnc(Nc3ccc(CC(=O)NCCCCCCNC(=O)CN(CCN(CCN(CC(C)=O)CC(=O)O)CC(=O)O)CC(=O)O)cc3)c2cc1OC. The topological polar surface area (TPSA) is 253 Å². The highest BCUT2D eigenvalue weighted by molar-refractivity contribution is 5.93. The Labute approximate surface area is 336 Å². The molecule has 0 saturated heterocycles. The monoisotopic (exact) mass is 810 g/mol. The zero-order chi connectivity index (χ0) is 42.5. The van der Waals surface area contributed by atoms with E-state index in [4.69, 9.17) is 14.6 Å². The van der Waals surface area contributed by atoms with Gasteiger partial charge in [0.1, 0.15) is 17.9 Å². The van der Waals surface area contributed by atoms with Gasteiger partial charge in [-0.05, 0) is 43.5 Å². The Hall–Kier alpha value is -5.92. The number of carboxylic acids is 3. The first kappa shape index (κ1) is 46.5. The molecule has 1 heterocycles. The van der Waals surface area contributed by atoms with E-state index in [-0.39, 0.29) is 69.8 Å². The molecule has 0 spiro atoms. The van der Waals surface area contributed by atoms with Crippen LogP contribution in [0.15, 0.2) is 42.7 Å². The minimum Gasteiger partial charge on any atom is -0.493 e. The van der Waals surface area contributed by atoms with E-state index in [9.17, 15) is 39.0 Å². The molecule has 2 aromatic carbocycles. The number of aromatic nitrogens is 2. The predicted molar refractivity (Wildman–Crippen MR) is 213 cm³/mol. The second-order valence-corrected chi connectivity index (χ2v) is 13.6. The molecule has 0 atom stereocenters. The van der Waals surface area contributed by atoms with Gasteiger partial charge in [-0.25, -0.2) is 9.97 Å². The molecule has 0 aliphatic rings. The summed E-state index contributed by atoms with van der Waals surface area (Å²) >= 11 is 0. The second-order valence-electron chi connectivity index (χ2n) is 13.6. The maximum absolute atomic E-state index is 12.6. The molecule has 0 bridgehead atoms. The summed E-state index contributed by atoms with van der Waals surface area (Å²) in [5, 5.41) is 37.6. The van der Waals surface area contributed by atoms with E-state index < -0.39 is 31.0 Å². The lowest BCUT2D eigenvalue weighted by molar-refractivity contribution is -0.141. The molecule has 19 nitrogen and oxygen atoms in total. The Morgan fingerprint density at radius 3 is 1.71 bits per heavy atom. The average molecular weight is 811 g/mol. The number of carbonyl (C=O) groups is 6. The van der Waals surface area contributed by atoms with Crippen molar-refractivity contribution in [1.29, 1.82) is 0 Å². The minimum absolute atomic E-state index is 0.0710.